The lowest BCUT2D eigenvalue weighted by molar-refractivity contribution is 0.494. The predicted molar refractivity (Wildman–Crippen MR) is 38.6 cm³/mol. The first-order valence-electron chi connectivity index (χ1n) is 2.42. The van der Waals surface area contributed by atoms with Crippen molar-refractivity contribution in [3.63, 3.8) is 0 Å². The maximum absolute atomic E-state index is 10.5. The smallest absolute Gasteiger partial charge is 0.306 e. The van der Waals surface area contributed by atoms with Crippen molar-refractivity contribution in [2.24, 2.45) is 0 Å². The Hall–Kier alpha value is -0.550. The van der Waals surface area contributed by atoms with Crippen molar-refractivity contribution in [3.8, 4) is 5.75 Å². The van der Waals surface area contributed by atoms with Crippen molar-refractivity contribution in [2.75, 3.05) is 6.26 Å². The maximum Gasteiger partial charge on any atom is 0.306 e. The molecule has 55 valence electrons. The number of rotatable bonds is 2. The first-order valence-corrected chi connectivity index (χ1v) is 5.11. The van der Waals surface area contributed by atoms with E-state index in [-0.39, 0.29) is 0 Å². The first kappa shape index (κ1) is 7.56. The maximum atomic E-state index is 10.5. The average molecular weight is 177 g/mol. The van der Waals surface area contributed by atoms with Crippen molar-refractivity contribution in [1.29, 1.82) is 0 Å². The Kier molecular flexibility index (Phi) is 1.96. The highest BCUT2D eigenvalue weighted by Gasteiger charge is 2.02. The summed E-state index contributed by atoms with van der Waals surface area (Å²) in [6.07, 6.45) is 1.00. The lowest BCUT2D eigenvalue weighted by Crippen LogP contribution is -2.04. The van der Waals surface area contributed by atoms with Gasteiger partial charge in [0.15, 0.2) is 5.75 Å². The molecule has 0 spiro atoms. The number of thiophene rings is 1. The molecular weight excluding hydrogens is 172 g/mol. The second kappa shape index (κ2) is 2.59. The molecule has 0 aliphatic carbocycles. The highest BCUT2D eigenvalue weighted by Crippen LogP contribution is 2.15. The fourth-order valence-corrected chi connectivity index (χ4v) is 1.43. The summed E-state index contributed by atoms with van der Waals surface area (Å²) < 4.78 is 25.4. The Balaban J connectivity index is 2.75. The average Bonchev–Trinajstić information content (AvgIpc) is 2.12. The molecule has 5 heteroatoms. The molecule has 0 saturated heterocycles. The lowest BCUT2D eigenvalue weighted by atomic mass is 10.6. The van der Waals surface area contributed by atoms with Gasteiger partial charge in [-0.1, -0.05) is 0 Å². The van der Waals surface area contributed by atoms with Crippen LogP contribution in [0.4, 0.5) is 0 Å². The fourth-order valence-electron chi connectivity index (χ4n) is 0.437. The minimum absolute atomic E-state index is 0.326. The molecule has 0 aliphatic heterocycles. The van der Waals surface area contributed by atoms with Gasteiger partial charge in [0.2, 0.25) is 0 Å². The summed E-state index contributed by atoms with van der Waals surface area (Å²) in [5, 5.41) is 4.28. The van der Waals surface area contributed by atoms with E-state index in [4.69, 9.17) is 0 Å². The van der Waals surface area contributed by atoms with Gasteiger partial charge in [-0.05, 0) is 0 Å². The highest BCUT2D eigenvalue weighted by molar-refractivity contribution is 7.86. The van der Waals surface area contributed by atoms with Crippen LogP contribution in [0.5, 0.6) is 5.75 Å². The predicted octanol–water partition coefficient (Wildman–Crippen LogP) is 0.887. The monoisotopic (exact) mass is 177 g/mol. The SMILES string of the molecule is CS(=O)(=O)Oc1c[c]sc1. The lowest BCUT2D eigenvalue weighted by Gasteiger charge is -1.96. The normalized spacial score (nSPS) is 11.3. The van der Waals surface area contributed by atoms with Gasteiger partial charge in [0, 0.05) is 16.8 Å². The molecule has 3 nitrogen and oxygen atoms in total. The summed E-state index contributed by atoms with van der Waals surface area (Å²) in [5.41, 5.74) is 0. The van der Waals surface area contributed by atoms with Crippen LogP contribution in [0.15, 0.2) is 11.4 Å². The first-order chi connectivity index (χ1) is 4.58. The molecule has 1 rings (SSSR count). The second-order valence-electron chi connectivity index (χ2n) is 1.69. The van der Waals surface area contributed by atoms with Crippen LogP contribution >= 0.6 is 11.3 Å². The molecule has 0 fully saturated rings. The zero-order valence-corrected chi connectivity index (χ0v) is 6.83. The number of hydrogen-bond donors (Lipinski definition) is 0. The van der Waals surface area contributed by atoms with Crippen LogP contribution in [0, 0.1) is 5.38 Å². The van der Waals surface area contributed by atoms with Gasteiger partial charge in [-0.15, -0.1) is 11.3 Å². The quantitative estimate of drug-likeness (QED) is 0.630. The van der Waals surface area contributed by atoms with E-state index < -0.39 is 10.1 Å². The van der Waals surface area contributed by atoms with E-state index in [9.17, 15) is 8.42 Å². The Bertz CT molecular complexity index is 285. The van der Waals surface area contributed by atoms with Gasteiger partial charge in [-0.2, -0.15) is 8.42 Å². The van der Waals surface area contributed by atoms with E-state index in [0.717, 1.165) is 6.26 Å². The minimum Gasteiger partial charge on any atom is -0.382 e. The molecular formula is C5H5O3S2. The molecule has 1 radical (unpaired) electrons. The van der Waals surface area contributed by atoms with Gasteiger partial charge < -0.3 is 4.18 Å². The van der Waals surface area contributed by atoms with E-state index in [2.05, 4.69) is 9.56 Å². The van der Waals surface area contributed by atoms with E-state index >= 15 is 0 Å². The van der Waals surface area contributed by atoms with Crippen LogP contribution in [0.25, 0.3) is 0 Å². The second-order valence-corrected chi connectivity index (χ2v) is 3.97. The van der Waals surface area contributed by atoms with Gasteiger partial charge in [-0.25, -0.2) is 0 Å². The van der Waals surface area contributed by atoms with Gasteiger partial charge in [-0.3, -0.25) is 0 Å². The third-order valence-corrected chi connectivity index (χ3v) is 1.79. The summed E-state index contributed by atoms with van der Waals surface area (Å²) in [4.78, 5) is 0. The largest absolute Gasteiger partial charge is 0.382 e. The van der Waals surface area contributed by atoms with E-state index in [0.29, 0.717) is 5.75 Å². The molecule has 0 unspecified atom stereocenters. The van der Waals surface area contributed by atoms with Crippen molar-refractivity contribution in [1.82, 2.24) is 0 Å². The summed E-state index contributed by atoms with van der Waals surface area (Å²) >= 11 is 1.27. The van der Waals surface area contributed by atoms with Crippen LogP contribution in [0.3, 0.4) is 0 Å². The molecule has 10 heavy (non-hydrogen) atoms. The zero-order valence-electron chi connectivity index (χ0n) is 5.20. The van der Waals surface area contributed by atoms with E-state index in [1.165, 1.54) is 17.4 Å². The van der Waals surface area contributed by atoms with Crippen LogP contribution in [0.2, 0.25) is 0 Å². The molecule has 1 aromatic heterocycles. The molecule has 0 N–H and O–H groups in total. The van der Waals surface area contributed by atoms with Crippen molar-refractivity contribution < 1.29 is 12.6 Å². The summed E-state index contributed by atoms with van der Waals surface area (Å²) in [7, 11) is -3.36. The fraction of sp³-hybridized carbons (Fsp3) is 0.200. The molecule has 1 aromatic rings. The zero-order chi connectivity index (χ0) is 7.61. The summed E-state index contributed by atoms with van der Waals surface area (Å²) in [6.45, 7) is 0. The Labute approximate surface area is 63.4 Å². The Morgan fingerprint density at radius 1 is 1.70 bits per heavy atom. The summed E-state index contributed by atoms with van der Waals surface area (Å²) in [6, 6.07) is 1.48. The Morgan fingerprint density at radius 2 is 2.40 bits per heavy atom. The molecule has 0 bridgehead atoms. The van der Waals surface area contributed by atoms with Crippen LogP contribution in [-0.2, 0) is 10.1 Å². The van der Waals surface area contributed by atoms with E-state index in [1.54, 1.807) is 5.38 Å². The molecule has 0 amide bonds. The Morgan fingerprint density at radius 3 is 2.80 bits per heavy atom. The van der Waals surface area contributed by atoms with Gasteiger partial charge in [0.25, 0.3) is 0 Å². The molecule has 0 saturated carbocycles. The van der Waals surface area contributed by atoms with Crippen LogP contribution in [-0.4, -0.2) is 14.7 Å². The molecule has 0 aromatic carbocycles. The molecule has 0 aliphatic rings. The standard InChI is InChI=1S/C5H5O3S2/c1-10(6,7)8-5-2-3-9-4-5/h2,4H,1H3. The third-order valence-electron chi connectivity index (χ3n) is 0.692. The van der Waals surface area contributed by atoms with Crippen molar-refractivity contribution in [2.45, 2.75) is 0 Å². The van der Waals surface area contributed by atoms with Gasteiger partial charge in [0.05, 0.1) is 6.26 Å². The van der Waals surface area contributed by atoms with Crippen LogP contribution < -0.4 is 4.18 Å². The molecule has 1 heterocycles. The topological polar surface area (TPSA) is 43.4 Å². The molecule has 0 atom stereocenters. The highest BCUT2D eigenvalue weighted by atomic mass is 32.2. The van der Waals surface area contributed by atoms with Gasteiger partial charge in [0.1, 0.15) is 0 Å². The van der Waals surface area contributed by atoms with Crippen molar-refractivity contribution in [3.05, 3.63) is 16.8 Å². The van der Waals surface area contributed by atoms with Crippen molar-refractivity contribution >= 4 is 21.5 Å². The van der Waals surface area contributed by atoms with Gasteiger partial charge >= 0.3 is 10.1 Å². The third kappa shape index (κ3) is 2.36. The number of hydrogen-bond acceptors (Lipinski definition) is 4. The minimum atomic E-state index is -3.36. The summed E-state index contributed by atoms with van der Waals surface area (Å²) in [5.74, 6) is 0.326. The van der Waals surface area contributed by atoms with Crippen LogP contribution in [0.1, 0.15) is 0 Å². The van der Waals surface area contributed by atoms with E-state index in [1.807, 2.05) is 0 Å².